The molecule has 3 rings (SSSR count). The molecular formula is C16H23N3O2. The van der Waals surface area contributed by atoms with Gasteiger partial charge in [-0.2, -0.15) is 0 Å². The summed E-state index contributed by atoms with van der Waals surface area (Å²) in [5.74, 6) is 0.674. The number of nitrogens with two attached hydrogens (primary N) is 1. The largest absolute Gasteiger partial charge is 0.484 e. The molecule has 114 valence electrons. The highest BCUT2D eigenvalue weighted by Crippen LogP contribution is 2.27. The van der Waals surface area contributed by atoms with Gasteiger partial charge in [-0.15, -0.1) is 0 Å². The van der Waals surface area contributed by atoms with E-state index >= 15 is 0 Å². The van der Waals surface area contributed by atoms with Crippen LogP contribution in [0.15, 0.2) is 24.3 Å². The lowest BCUT2D eigenvalue weighted by molar-refractivity contribution is -0.123. The second-order valence-electron chi connectivity index (χ2n) is 5.84. The molecule has 0 aliphatic carbocycles. The molecule has 2 heterocycles. The highest BCUT2D eigenvalue weighted by Gasteiger charge is 2.37. The smallest absolute Gasteiger partial charge is 0.258 e. The van der Waals surface area contributed by atoms with Gasteiger partial charge >= 0.3 is 0 Å². The van der Waals surface area contributed by atoms with Gasteiger partial charge in [-0.05, 0) is 43.5 Å². The van der Waals surface area contributed by atoms with Crippen LogP contribution in [0.2, 0.25) is 0 Å². The van der Waals surface area contributed by atoms with E-state index in [0.29, 0.717) is 24.4 Å². The molecule has 2 aliphatic heterocycles. The summed E-state index contributed by atoms with van der Waals surface area (Å²) in [4.78, 5) is 14.5. The van der Waals surface area contributed by atoms with E-state index in [4.69, 9.17) is 10.5 Å². The average Bonchev–Trinajstić information content (AvgIpc) is 3.11. The minimum atomic E-state index is -0.0309. The van der Waals surface area contributed by atoms with Crippen molar-refractivity contribution < 1.29 is 9.53 Å². The molecule has 2 atom stereocenters. The molecule has 3 N–H and O–H groups in total. The topological polar surface area (TPSA) is 67.6 Å². The number of amides is 1. The zero-order chi connectivity index (χ0) is 14.7. The molecule has 0 saturated carbocycles. The molecule has 0 aromatic heterocycles. The van der Waals surface area contributed by atoms with Crippen LogP contribution in [0.3, 0.4) is 0 Å². The van der Waals surface area contributed by atoms with Crippen LogP contribution >= 0.6 is 0 Å². The summed E-state index contributed by atoms with van der Waals surface area (Å²) < 4.78 is 5.52. The number of fused-ring (bicyclic) bond motifs is 1. The Morgan fingerprint density at radius 3 is 2.86 bits per heavy atom. The number of benzene rings is 1. The third-order valence-electron chi connectivity index (χ3n) is 4.48. The van der Waals surface area contributed by atoms with Crippen LogP contribution in [0.4, 0.5) is 0 Å². The van der Waals surface area contributed by atoms with E-state index in [1.54, 1.807) is 0 Å². The average molecular weight is 289 g/mol. The number of hydrogen-bond donors (Lipinski definition) is 2. The molecule has 5 heteroatoms. The highest BCUT2D eigenvalue weighted by atomic mass is 16.5. The predicted octanol–water partition coefficient (Wildman–Crippen LogP) is 0.877. The van der Waals surface area contributed by atoms with Crippen LogP contribution in [0.5, 0.6) is 5.75 Å². The van der Waals surface area contributed by atoms with Gasteiger partial charge in [0.25, 0.3) is 5.91 Å². The van der Waals surface area contributed by atoms with Gasteiger partial charge in [-0.3, -0.25) is 9.69 Å². The number of carbonyl (C=O) groups is 1. The van der Waals surface area contributed by atoms with E-state index in [0.717, 1.165) is 18.5 Å². The Morgan fingerprint density at radius 2 is 2.10 bits per heavy atom. The molecule has 2 fully saturated rings. The minimum absolute atomic E-state index is 0.0309. The molecule has 2 saturated heterocycles. The molecule has 1 amide bonds. The second-order valence-corrected chi connectivity index (χ2v) is 5.84. The van der Waals surface area contributed by atoms with Gasteiger partial charge in [0.05, 0.1) is 0 Å². The number of rotatable bonds is 5. The normalized spacial score (nSPS) is 24.8. The first-order valence-corrected chi connectivity index (χ1v) is 7.71. The zero-order valence-corrected chi connectivity index (χ0v) is 12.3. The van der Waals surface area contributed by atoms with Crippen molar-refractivity contribution in [2.45, 2.75) is 37.9 Å². The zero-order valence-electron chi connectivity index (χ0n) is 12.3. The maximum absolute atomic E-state index is 12.0. The Morgan fingerprint density at radius 1 is 1.29 bits per heavy atom. The van der Waals surface area contributed by atoms with Crippen molar-refractivity contribution in [3.63, 3.8) is 0 Å². The fraction of sp³-hybridized carbons (Fsp3) is 0.562. The van der Waals surface area contributed by atoms with Gasteiger partial charge < -0.3 is 15.8 Å². The SMILES string of the molecule is NCc1ccc(OCC(=O)NC2CCN3CCCC23)cc1. The van der Waals surface area contributed by atoms with Crippen LogP contribution < -0.4 is 15.8 Å². The molecule has 5 nitrogen and oxygen atoms in total. The quantitative estimate of drug-likeness (QED) is 0.844. The minimum Gasteiger partial charge on any atom is -0.484 e. The summed E-state index contributed by atoms with van der Waals surface area (Å²) in [5, 5.41) is 3.12. The fourth-order valence-corrected chi connectivity index (χ4v) is 3.37. The fourth-order valence-electron chi connectivity index (χ4n) is 3.37. The van der Waals surface area contributed by atoms with Crippen molar-refractivity contribution in [2.24, 2.45) is 5.73 Å². The van der Waals surface area contributed by atoms with Crippen molar-refractivity contribution in [1.82, 2.24) is 10.2 Å². The molecular weight excluding hydrogens is 266 g/mol. The number of hydrogen-bond acceptors (Lipinski definition) is 4. The first kappa shape index (κ1) is 14.4. The van der Waals surface area contributed by atoms with Crippen LogP contribution in [-0.4, -0.2) is 42.6 Å². The van der Waals surface area contributed by atoms with Crippen molar-refractivity contribution in [2.75, 3.05) is 19.7 Å². The van der Waals surface area contributed by atoms with Crippen LogP contribution in [-0.2, 0) is 11.3 Å². The van der Waals surface area contributed by atoms with Crippen LogP contribution in [0, 0.1) is 0 Å². The summed E-state index contributed by atoms with van der Waals surface area (Å²) in [5.41, 5.74) is 6.60. The van der Waals surface area contributed by atoms with Gasteiger partial charge in [0.15, 0.2) is 6.61 Å². The summed E-state index contributed by atoms with van der Waals surface area (Å²) in [6.45, 7) is 2.88. The maximum atomic E-state index is 12.0. The lowest BCUT2D eigenvalue weighted by Crippen LogP contribution is -2.44. The van der Waals surface area contributed by atoms with Crippen LogP contribution in [0.25, 0.3) is 0 Å². The van der Waals surface area contributed by atoms with E-state index in [1.807, 2.05) is 24.3 Å². The first-order valence-electron chi connectivity index (χ1n) is 7.71. The van der Waals surface area contributed by atoms with E-state index in [2.05, 4.69) is 10.2 Å². The summed E-state index contributed by atoms with van der Waals surface area (Å²) >= 11 is 0. The van der Waals surface area contributed by atoms with Gasteiger partial charge in [0, 0.05) is 25.2 Å². The van der Waals surface area contributed by atoms with Crippen molar-refractivity contribution >= 4 is 5.91 Å². The van der Waals surface area contributed by atoms with Crippen molar-refractivity contribution in [1.29, 1.82) is 0 Å². The standard InChI is InChI=1S/C16H23N3O2/c17-10-12-3-5-13(6-4-12)21-11-16(20)18-14-7-9-19-8-1-2-15(14)19/h3-6,14-15H,1-2,7-11,17H2,(H,18,20). The van der Waals surface area contributed by atoms with Crippen LogP contribution in [0.1, 0.15) is 24.8 Å². The van der Waals surface area contributed by atoms with E-state index < -0.39 is 0 Å². The summed E-state index contributed by atoms with van der Waals surface area (Å²) in [6.07, 6.45) is 3.51. The molecule has 1 aromatic carbocycles. The van der Waals surface area contributed by atoms with Gasteiger partial charge in [0.2, 0.25) is 0 Å². The van der Waals surface area contributed by atoms with E-state index in [9.17, 15) is 4.79 Å². The molecule has 0 radical (unpaired) electrons. The molecule has 21 heavy (non-hydrogen) atoms. The van der Waals surface area contributed by atoms with E-state index in [1.165, 1.54) is 19.4 Å². The number of nitrogens with zero attached hydrogens (tertiary/aromatic N) is 1. The third-order valence-corrected chi connectivity index (χ3v) is 4.48. The second kappa shape index (κ2) is 6.45. The molecule has 0 spiro atoms. The summed E-state index contributed by atoms with van der Waals surface area (Å²) in [6, 6.07) is 8.37. The first-order chi connectivity index (χ1) is 10.3. The Hall–Kier alpha value is -1.59. The maximum Gasteiger partial charge on any atom is 0.258 e. The van der Waals surface area contributed by atoms with Gasteiger partial charge in [-0.25, -0.2) is 0 Å². The van der Waals surface area contributed by atoms with E-state index in [-0.39, 0.29) is 12.5 Å². The number of carbonyl (C=O) groups excluding carboxylic acids is 1. The number of nitrogens with one attached hydrogen (secondary N) is 1. The van der Waals surface area contributed by atoms with Crippen molar-refractivity contribution in [3.8, 4) is 5.75 Å². The third kappa shape index (κ3) is 3.36. The Bertz CT molecular complexity index is 489. The lowest BCUT2D eigenvalue weighted by atomic mass is 10.1. The molecule has 0 bridgehead atoms. The molecule has 2 unspecified atom stereocenters. The monoisotopic (exact) mass is 289 g/mol. The Labute approximate surface area is 125 Å². The number of ether oxygens (including phenoxy) is 1. The molecule has 2 aliphatic rings. The lowest BCUT2D eigenvalue weighted by Gasteiger charge is -2.21. The van der Waals surface area contributed by atoms with Gasteiger partial charge in [0.1, 0.15) is 5.75 Å². The molecule has 1 aromatic rings. The summed E-state index contributed by atoms with van der Waals surface area (Å²) in [7, 11) is 0. The van der Waals surface area contributed by atoms with Gasteiger partial charge in [-0.1, -0.05) is 12.1 Å². The predicted molar refractivity (Wildman–Crippen MR) is 81.0 cm³/mol. The Kier molecular flexibility index (Phi) is 4.41. The van der Waals surface area contributed by atoms with Crippen molar-refractivity contribution in [3.05, 3.63) is 29.8 Å². The highest BCUT2D eigenvalue weighted by molar-refractivity contribution is 5.78. The Balaban J connectivity index is 1.45.